The van der Waals surface area contributed by atoms with Crippen molar-refractivity contribution in [3.63, 3.8) is 0 Å². The number of nitrogens with zero attached hydrogens (tertiary/aromatic N) is 3. The molecule has 10 atom stereocenters. The van der Waals surface area contributed by atoms with Gasteiger partial charge in [0, 0.05) is 96.3 Å². The zero-order chi connectivity index (χ0) is 53.5. The van der Waals surface area contributed by atoms with Crippen molar-refractivity contribution in [2.45, 2.75) is 97.3 Å². The van der Waals surface area contributed by atoms with Crippen LogP contribution >= 0.6 is 11.8 Å². The van der Waals surface area contributed by atoms with Crippen LogP contribution in [0, 0.1) is 11.3 Å². The van der Waals surface area contributed by atoms with Crippen LogP contribution in [0.5, 0.6) is 5.75 Å². The number of piperidine rings is 1. The lowest BCUT2D eigenvalue weighted by atomic mass is 9.47. The number of hydrogen-bond acceptors (Lipinski definition) is 11. The molecule has 6 heterocycles. The fraction of sp³-hybridized carbons (Fsp3) is 0.438. The number of esters is 1. The number of rotatable bonds is 13. The van der Waals surface area contributed by atoms with Crippen LogP contribution < -0.4 is 15.0 Å². The van der Waals surface area contributed by atoms with Crippen molar-refractivity contribution in [1.29, 1.82) is 0 Å². The molecule has 13 heteroatoms. The molecule has 402 valence electrons. The van der Waals surface area contributed by atoms with Crippen molar-refractivity contribution in [3.05, 3.63) is 179 Å². The van der Waals surface area contributed by atoms with Crippen LogP contribution in [-0.2, 0) is 36.3 Å². The quantitative estimate of drug-likeness (QED) is 0.0331. The highest BCUT2D eigenvalue weighted by molar-refractivity contribution is 8.00. The Bertz CT molecular complexity index is 3130. The van der Waals surface area contributed by atoms with E-state index in [1.165, 1.54) is 7.11 Å². The van der Waals surface area contributed by atoms with Gasteiger partial charge in [0.25, 0.3) is 5.91 Å². The van der Waals surface area contributed by atoms with Crippen molar-refractivity contribution in [2.24, 2.45) is 11.3 Å². The summed E-state index contributed by atoms with van der Waals surface area (Å²) in [6, 6.07) is 42.5. The molecule has 3 fully saturated rings. The second-order valence-electron chi connectivity index (χ2n) is 23.0. The maximum atomic E-state index is 15.7. The van der Waals surface area contributed by atoms with E-state index in [4.69, 9.17) is 9.47 Å². The fourth-order valence-corrected chi connectivity index (χ4v) is 17.7. The monoisotopic (exact) mass is 1060 g/mol. The first-order valence-electron chi connectivity index (χ1n) is 27.8. The van der Waals surface area contributed by atoms with E-state index in [1.807, 2.05) is 55.3 Å². The predicted molar refractivity (Wildman–Crippen MR) is 304 cm³/mol. The number of aromatic amines is 1. The number of carbonyl (C=O) groups is 2. The topological polar surface area (TPSA) is 151 Å². The van der Waals surface area contributed by atoms with E-state index < -0.39 is 56.2 Å². The SMILES string of the molecule is CC[C@]1(O)C[C@H]2CN(CCc3c([nH]c4ccccc34)[C@@](C(=O)OC)(c3cc4c(cc3OC)N(C)[C@H]3[C@@](O)(C(=O)NCCSC(c5ccccc5)(c5ccccc5)c5ccccc5)[C@H](O)[C@]5(CC)C=CCN6CC[C@]43[C@@H]65)C2)C1. The minimum absolute atomic E-state index is 0.107. The number of methoxy groups -OCH3 is 2. The molecule has 5 aromatic carbocycles. The predicted octanol–water partition coefficient (Wildman–Crippen LogP) is 8.09. The molecule has 77 heavy (non-hydrogen) atoms. The van der Waals surface area contributed by atoms with E-state index >= 15 is 9.59 Å². The van der Waals surface area contributed by atoms with Gasteiger partial charge in [-0.2, -0.15) is 0 Å². The van der Waals surface area contributed by atoms with E-state index in [1.54, 1.807) is 18.9 Å². The van der Waals surface area contributed by atoms with Gasteiger partial charge in [0.15, 0.2) is 5.60 Å². The molecule has 2 bridgehead atoms. The van der Waals surface area contributed by atoms with E-state index in [0.717, 1.165) is 50.1 Å². The Labute approximate surface area is 456 Å². The number of para-hydroxylation sites is 1. The molecule has 1 aliphatic carbocycles. The third-order valence-electron chi connectivity index (χ3n) is 19.5. The smallest absolute Gasteiger partial charge is 0.322 e. The van der Waals surface area contributed by atoms with E-state index in [-0.39, 0.29) is 18.5 Å². The maximum absolute atomic E-state index is 15.7. The minimum atomic E-state index is -2.32. The lowest BCUT2D eigenvalue weighted by Crippen LogP contribution is -2.81. The van der Waals surface area contributed by atoms with Crippen molar-refractivity contribution in [1.82, 2.24) is 20.1 Å². The first-order valence-corrected chi connectivity index (χ1v) is 28.8. The average Bonchev–Trinajstić information content (AvgIpc) is 4.26. The van der Waals surface area contributed by atoms with Gasteiger partial charge < -0.3 is 40.0 Å². The molecule has 5 aliphatic heterocycles. The molecule has 12 nitrogen and oxygen atoms in total. The summed E-state index contributed by atoms with van der Waals surface area (Å²) in [4.78, 5) is 42.0. The Morgan fingerprint density at radius 1 is 0.831 bits per heavy atom. The van der Waals surface area contributed by atoms with Gasteiger partial charge in [-0.05, 0) is 90.9 Å². The molecular formula is C64H73N5O7S. The zero-order valence-corrected chi connectivity index (χ0v) is 45.8. The standard InChI is InChI=1S/C64H73N5O7S/c1-6-59(73)38-42-39-62(58(72)76-5,53-47(28-33-68(40-42)41-59)46-26-17-18-27-50(46)66-53)49-36-48-51(37-52(49)75-4)67(3)55-61(48)30-34-69-32-19-29-60(7-2,54(61)69)56(70)63(55,74)57(71)65-31-35-77-64(43-20-11-8-12-21-43,44-22-13-9-14-23-44)45-24-15-10-16-25-45/h8-27,29,36-37,42,54-56,66,70,73-74H,6-7,28,30-35,38-41H2,1-5H3,(H,65,71)/t42-,54+,55-,56-,59+,60-,61-,62+,63+/m1/s1. The lowest BCUT2D eigenvalue weighted by molar-refractivity contribution is -0.203. The van der Waals surface area contributed by atoms with Gasteiger partial charge in [-0.3, -0.25) is 19.4 Å². The molecule has 6 aliphatic rings. The number of aliphatic hydroxyl groups is 3. The van der Waals surface area contributed by atoms with Gasteiger partial charge in [0.1, 0.15) is 17.3 Å². The number of likely N-dealkylation sites (N-methyl/N-ethyl adjacent to an activating group) is 1. The molecule has 1 amide bonds. The maximum Gasteiger partial charge on any atom is 0.322 e. The normalized spacial score (nSPS) is 31.3. The minimum Gasteiger partial charge on any atom is -0.496 e. The summed E-state index contributed by atoms with van der Waals surface area (Å²) in [5, 5.41) is 43.7. The first-order chi connectivity index (χ1) is 37.3. The number of benzene rings is 5. The van der Waals surface area contributed by atoms with Gasteiger partial charge in [0.05, 0.1) is 30.6 Å². The molecule has 1 unspecified atom stereocenters. The van der Waals surface area contributed by atoms with Crippen LogP contribution in [-0.4, -0.2) is 138 Å². The summed E-state index contributed by atoms with van der Waals surface area (Å²) in [7, 11) is 5.02. The molecule has 1 aromatic heterocycles. The number of aromatic nitrogens is 1. The molecule has 5 N–H and O–H groups in total. The Morgan fingerprint density at radius 2 is 1.49 bits per heavy atom. The fourth-order valence-electron chi connectivity index (χ4n) is 16.3. The Balaban J connectivity index is 0.992. The van der Waals surface area contributed by atoms with Gasteiger partial charge >= 0.3 is 5.97 Å². The summed E-state index contributed by atoms with van der Waals surface area (Å²) < 4.78 is 11.9. The largest absolute Gasteiger partial charge is 0.496 e. The molecule has 1 saturated carbocycles. The van der Waals surface area contributed by atoms with E-state index in [0.29, 0.717) is 88.3 Å². The van der Waals surface area contributed by atoms with Gasteiger partial charge in [0.2, 0.25) is 0 Å². The van der Waals surface area contributed by atoms with Crippen LogP contribution in [0.25, 0.3) is 10.9 Å². The molecule has 12 rings (SSSR count). The highest BCUT2D eigenvalue weighted by Crippen LogP contribution is 2.68. The number of nitrogens with one attached hydrogen (secondary N) is 2. The number of amides is 1. The third kappa shape index (κ3) is 7.50. The number of aliphatic hydroxyl groups excluding tert-OH is 1. The van der Waals surface area contributed by atoms with Gasteiger partial charge in [-0.15, -0.1) is 11.8 Å². The Morgan fingerprint density at radius 3 is 2.13 bits per heavy atom. The third-order valence-corrected chi connectivity index (χ3v) is 21.0. The first kappa shape index (κ1) is 51.8. The highest BCUT2D eigenvalue weighted by atomic mass is 32.2. The zero-order valence-electron chi connectivity index (χ0n) is 45.0. The summed E-state index contributed by atoms with van der Waals surface area (Å²) in [6.45, 7) is 7.62. The molecular weight excluding hydrogens is 983 g/mol. The highest BCUT2D eigenvalue weighted by Gasteiger charge is 2.78. The van der Waals surface area contributed by atoms with Crippen LogP contribution in [0.1, 0.15) is 85.0 Å². The molecule has 1 spiro atoms. The molecule has 2 saturated heterocycles. The number of H-pyrrole nitrogens is 1. The molecule has 0 radical (unpaired) electrons. The Hall–Kier alpha value is -5.93. The van der Waals surface area contributed by atoms with Crippen molar-refractivity contribution < 1.29 is 34.4 Å². The number of anilines is 1. The number of carbonyl (C=O) groups excluding carboxylic acids is 2. The van der Waals surface area contributed by atoms with Crippen LogP contribution in [0.4, 0.5) is 5.69 Å². The van der Waals surface area contributed by atoms with Crippen LogP contribution in [0.3, 0.4) is 0 Å². The van der Waals surface area contributed by atoms with Crippen LogP contribution in [0.15, 0.2) is 140 Å². The summed E-state index contributed by atoms with van der Waals surface area (Å²) >= 11 is 1.73. The number of hydrogen-bond donors (Lipinski definition) is 5. The number of fused-ring (bicyclic) bond motifs is 6. The second-order valence-corrected chi connectivity index (χ2v) is 24.3. The number of ether oxygens (including phenoxy) is 2. The number of thioether (sulfide) groups is 1. The van der Waals surface area contributed by atoms with Crippen molar-refractivity contribution in [3.8, 4) is 5.75 Å². The van der Waals surface area contributed by atoms with Crippen molar-refractivity contribution >= 4 is 40.2 Å². The summed E-state index contributed by atoms with van der Waals surface area (Å²) in [5.41, 5.74) is 1.72. The average molecular weight is 1060 g/mol. The summed E-state index contributed by atoms with van der Waals surface area (Å²) in [5.74, 6) is -0.195. The van der Waals surface area contributed by atoms with E-state index in [9.17, 15) is 15.3 Å². The van der Waals surface area contributed by atoms with E-state index in [2.05, 4.69) is 130 Å². The van der Waals surface area contributed by atoms with Crippen LogP contribution in [0.2, 0.25) is 0 Å². The second kappa shape index (κ2) is 19.5. The van der Waals surface area contributed by atoms with Gasteiger partial charge in [-0.1, -0.05) is 135 Å². The van der Waals surface area contributed by atoms with Gasteiger partial charge in [-0.25, -0.2) is 0 Å². The Kier molecular flexibility index (Phi) is 13.1. The summed E-state index contributed by atoms with van der Waals surface area (Å²) in [6.07, 6.45) is 5.82. The molecule has 6 aromatic rings. The van der Waals surface area contributed by atoms with Crippen molar-refractivity contribution in [2.75, 3.05) is 71.2 Å². The lowest BCUT2D eigenvalue weighted by Gasteiger charge is -2.63.